The van der Waals surface area contributed by atoms with E-state index in [0.29, 0.717) is 41.9 Å². The van der Waals surface area contributed by atoms with Gasteiger partial charge in [0.25, 0.3) is 0 Å². The summed E-state index contributed by atoms with van der Waals surface area (Å²) in [5.74, 6) is 0.520. The average Bonchev–Trinajstić information content (AvgIpc) is 3.49. The van der Waals surface area contributed by atoms with E-state index in [1.165, 1.54) is 4.90 Å². The molecule has 1 fully saturated rings. The lowest BCUT2D eigenvalue weighted by atomic mass is 9.93. The number of piperidine rings is 1. The van der Waals surface area contributed by atoms with E-state index in [-0.39, 0.29) is 5.92 Å². The van der Waals surface area contributed by atoms with Crippen LogP contribution in [0.1, 0.15) is 24.5 Å². The third-order valence-electron chi connectivity index (χ3n) is 6.09. The fourth-order valence-corrected chi connectivity index (χ4v) is 4.91. The van der Waals surface area contributed by atoms with Gasteiger partial charge in [0.15, 0.2) is 5.65 Å². The molecular formula is C23H22BrN7O3. The minimum atomic E-state index is -1.36. The van der Waals surface area contributed by atoms with Crippen molar-refractivity contribution in [1.82, 2.24) is 29.4 Å². The number of fused-ring (bicyclic) bond motifs is 1. The Balaban J connectivity index is 1.45. The molecule has 0 bridgehead atoms. The topological polar surface area (TPSA) is 131 Å². The van der Waals surface area contributed by atoms with Crippen molar-refractivity contribution in [1.29, 1.82) is 0 Å². The molecule has 0 saturated carbocycles. The molecule has 0 spiro atoms. The largest absolute Gasteiger partial charge is 0.465 e. The number of aromatic nitrogens is 4. The zero-order chi connectivity index (χ0) is 23.8. The Bertz CT molecular complexity index is 1370. The number of urea groups is 1. The van der Waals surface area contributed by atoms with E-state index in [2.05, 4.69) is 21.0 Å². The Morgan fingerprint density at radius 3 is 2.59 bits per heavy atom. The quantitative estimate of drug-likeness (QED) is 0.370. The van der Waals surface area contributed by atoms with Gasteiger partial charge in [0.1, 0.15) is 5.82 Å². The van der Waals surface area contributed by atoms with Gasteiger partial charge in [-0.05, 0) is 47.0 Å². The highest BCUT2D eigenvalue weighted by molar-refractivity contribution is 9.10. The van der Waals surface area contributed by atoms with Gasteiger partial charge in [-0.15, -0.1) is 0 Å². The van der Waals surface area contributed by atoms with E-state index in [0.717, 1.165) is 22.5 Å². The monoisotopic (exact) mass is 523 g/mol. The standard InChI is InChI=1S/C23H22BrN7O3/c24-18-19(14-6-9-29(10-7-14)22(32)28-23(33)34)27-21-17(12-26-31(21)20(18)25)15-8-11-30(13-15)16-4-2-1-3-5-16/h1-5,8,11-14H,6-7,9-10,25H2,(H,28,32)(H,33,34). The SMILES string of the molecule is Nc1c(Br)c(C2CCN(C(=O)NC(=O)O)CC2)nc2c(-c3ccn(-c4ccccc4)c3)cnn12. The number of nitrogens with one attached hydrogen (secondary N) is 1. The number of carbonyl (C=O) groups is 2. The van der Waals surface area contributed by atoms with Gasteiger partial charge < -0.3 is 20.3 Å². The highest BCUT2D eigenvalue weighted by atomic mass is 79.9. The van der Waals surface area contributed by atoms with Crippen LogP contribution in [0.5, 0.6) is 0 Å². The van der Waals surface area contributed by atoms with Gasteiger partial charge >= 0.3 is 12.1 Å². The number of nitrogen functional groups attached to an aromatic ring is 1. The normalized spacial score (nSPS) is 14.4. The van der Waals surface area contributed by atoms with Gasteiger partial charge in [0, 0.05) is 48.2 Å². The molecule has 0 radical (unpaired) electrons. The third kappa shape index (κ3) is 3.98. The number of imide groups is 1. The molecule has 1 aliphatic heterocycles. The average molecular weight is 524 g/mol. The maximum atomic E-state index is 12.0. The number of hydrogen-bond donors (Lipinski definition) is 3. The number of likely N-dealkylation sites (tertiary alicyclic amines) is 1. The van der Waals surface area contributed by atoms with E-state index < -0.39 is 12.1 Å². The zero-order valence-electron chi connectivity index (χ0n) is 18.1. The van der Waals surface area contributed by atoms with Crippen LogP contribution >= 0.6 is 15.9 Å². The molecule has 34 heavy (non-hydrogen) atoms. The van der Waals surface area contributed by atoms with Crippen LogP contribution in [0.4, 0.5) is 15.4 Å². The summed E-state index contributed by atoms with van der Waals surface area (Å²) in [5.41, 5.74) is 10.8. The molecule has 1 aliphatic rings. The lowest BCUT2D eigenvalue weighted by Crippen LogP contribution is -2.45. The predicted molar refractivity (Wildman–Crippen MR) is 130 cm³/mol. The van der Waals surface area contributed by atoms with Crippen molar-refractivity contribution < 1.29 is 14.7 Å². The number of carbonyl (C=O) groups excluding carboxylic acids is 1. The van der Waals surface area contributed by atoms with Crippen LogP contribution in [0.25, 0.3) is 22.5 Å². The Hall–Kier alpha value is -3.86. The van der Waals surface area contributed by atoms with Crippen LogP contribution in [0.2, 0.25) is 0 Å². The van der Waals surface area contributed by atoms with Crippen molar-refractivity contribution in [3.05, 3.63) is 65.2 Å². The molecule has 10 nitrogen and oxygen atoms in total. The number of para-hydroxylation sites is 1. The van der Waals surface area contributed by atoms with Gasteiger partial charge in [0.05, 0.1) is 16.4 Å². The molecule has 3 aromatic heterocycles. The highest BCUT2D eigenvalue weighted by Crippen LogP contribution is 2.37. The minimum absolute atomic E-state index is 0.0622. The summed E-state index contributed by atoms with van der Waals surface area (Å²) in [6.07, 6.45) is 5.72. The van der Waals surface area contributed by atoms with Crippen LogP contribution < -0.4 is 11.1 Å². The third-order valence-corrected chi connectivity index (χ3v) is 6.90. The Morgan fingerprint density at radius 2 is 1.88 bits per heavy atom. The number of rotatable bonds is 3. The van der Waals surface area contributed by atoms with E-state index in [4.69, 9.17) is 15.8 Å². The minimum Gasteiger partial charge on any atom is -0.465 e. The van der Waals surface area contributed by atoms with Crippen molar-refractivity contribution in [2.24, 2.45) is 0 Å². The van der Waals surface area contributed by atoms with Gasteiger partial charge in [0.2, 0.25) is 0 Å². The zero-order valence-corrected chi connectivity index (χ0v) is 19.6. The first-order chi connectivity index (χ1) is 16.4. The summed E-state index contributed by atoms with van der Waals surface area (Å²) in [4.78, 5) is 29.2. The summed E-state index contributed by atoms with van der Waals surface area (Å²) in [7, 11) is 0. The fourth-order valence-electron chi connectivity index (χ4n) is 4.33. The van der Waals surface area contributed by atoms with Gasteiger partial charge in [-0.2, -0.15) is 9.61 Å². The summed E-state index contributed by atoms with van der Waals surface area (Å²) < 4.78 is 4.35. The number of nitrogens with two attached hydrogens (primary N) is 1. The van der Waals surface area contributed by atoms with E-state index in [9.17, 15) is 9.59 Å². The molecule has 4 heterocycles. The van der Waals surface area contributed by atoms with Gasteiger partial charge in [-0.3, -0.25) is 0 Å². The maximum Gasteiger partial charge on any atom is 0.412 e. The van der Waals surface area contributed by atoms with Crippen molar-refractivity contribution in [2.75, 3.05) is 18.8 Å². The van der Waals surface area contributed by atoms with Crippen LogP contribution in [0.15, 0.2) is 59.5 Å². The lowest BCUT2D eigenvalue weighted by Gasteiger charge is -2.31. The van der Waals surface area contributed by atoms with E-state index in [1.54, 1.807) is 10.7 Å². The Morgan fingerprint density at radius 1 is 1.15 bits per heavy atom. The summed E-state index contributed by atoms with van der Waals surface area (Å²) in [5, 5.41) is 15.1. The second kappa shape index (κ2) is 8.82. The number of benzene rings is 1. The molecule has 0 unspecified atom stereocenters. The second-order valence-corrected chi connectivity index (χ2v) is 8.92. The molecule has 11 heteroatoms. The predicted octanol–water partition coefficient (Wildman–Crippen LogP) is 4.10. The molecule has 4 N–H and O–H groups in total. The summed E-state index contributed by atoms with van der Waals surface area (Å²) in [6.45, 7) is 0.851. The lowest BCUT2D eigenvalue weighted by molar-refractivity contribution is 0.167. The first kappa shape index (κ1) is 22.0. The van der Waals surface area contributed by atoms with Gasteiger partial charge in [-0.1, -0.05) is 18.2 Å². The molecule has 174 valence electrons. The van der Waals surface area contributed by atoms with Crippen molar-refractivity contribution in [2.45, 2.75) is 18.8 Å². The van der Waals surface area contributed by atoms with Crippen molar-refractivity contribution in [3.63, 3.8) is 0 Å². The van der Waals surface area contributed by atoms with Crippen molar-refractivity contribution in [3.8, 4) is 16.8 Å². The smallest absolute Gasteiger partial charge is 0.412 e. The summed E-state index contributed by atoms with van der Waals surface area (Å²) in [6, 6.07) is 11.5. The van der Waals surface area contributed by atoms with Crippen LogP contribution in [-0.2, 0) is 0 Å². The number of nitrogens with zero attached hydrogens (tertiary/aromatic N) is 5. The summed E-state index contributed by atoms with van der Waals surface area (Å²) >= 11 is 3.59. The molecule has 4 aromatic rings. The van der Waals surface area contributed by atoms with Gasteiger partial charge in [-0.25, -0.2) is 19.9 Å². The number of halogens is 1. The number of anilines is 1. The fraction of sp³-hybridized carbons (Fsp3) is 0.217. The molecule has 0 aliphatic carbocycles. The highest BCUT2D eigenvalue weighted by Gasteiger charge is 2.28. The number of carboxylic acid groups (broad SMARTS) is 1. The first-order valence-electron chi connectivity index (χ1n) is 10.8. The Kier molecular flexibility index (Phi) is 5.70. The first-order valence-corrected chi connectivity index (χ1v) is 11.6. The molecule has 5 rings (SSSR count). The van der Waals surface area contributed by atoms with E-state index >= 15 is 0 Å². The molecule has 3 amide bonds. The molecule has 1 saturated heterocycles. The second-order valence-electron chi connectivity index (χ2n) is 8.13. The van der Waals surface area contributed by atoms with Crippen LogP contribution in [-0.4, -0.2) is 54.4 Å². The number of amides is 3. The van der Waals surface area contributed by atoms with Crippen LogP contribution in [0.3, 0.4) is 0 Å². The number of hydrogen-bond acceptors (Lipinski definition) is 5. The Labute approximate surface area is 203 Å². The van der Waals surface area contributed by atoms with Crippen LogP contribution in [0, 0.1) is 0 Å². The molecule has 0 atom stereocenters. The maximum absolute atomic E-state index is 12.0. The van der Waals surface area contributed by atoms with Crippen molar-refractivity contribution >= 4 is 39.5 Å². The van der Waals surface area contributed by atoms with E-state index in [1.807, 2.05) is 58.7 Å². The molecule has 1 aromatic carbocycles. The molecular weight excluding hydrogens is 502 g/mol.